The van der Waals surface area contributed by atoms with E-state index in [4.69, 9.17) is 4.74 Å². The van der Waals surface area contributed by atoms with Crippen LogP contribution in [0.4, 0.5) is 4.79 Å². The van der Waals surface area contributed by atoms with Crippen LogP contribution in [0.5, 0.6) is 5.75 Å². The van der Waals surface area contributed by atoms with Gasteiger partial charge >= 0.3 is 6.09 Å². The quantitative estimate of drug-likeness (QED) is 0.256. The largest absolute Gasteiger partial charge is 0.506 e. The molecule has 0 aliphatic carbocycles. The lowest BCUT2D eigenvalue weighted by atomic mass is 10.1. The number of hydrazone groups is 1. The van der Waals surface area contributed by atoms with E-state index in [1.807, 2.05) is 75.5 Å². The van der Waals surface area contributed by atoms with Gasteiger partial charge in [0.2, 0.25) is 0 Å². The molecule has 0 heterocycles. The molecule has 0 aliphatic heterocycles. The number of amides is 2. The molecule has 0 unspecified atom stereocenters. The molecular formula is C19H19I2N3O4. The lowest BCUT2D eigenvalue weighted by Crippen LogP contribution is -2.47. The van der Waals surface area contributed by atoms with Gasteiger partial charge in [-0.25, -0.2) is 10.2 Å². The van der Waals surface area contributed by atoms with E-state index in [9.17, 15) is 14.7 Å². The molecule has 0 fully saturated rings. The Morgan fingerprint density at radius 1 is 1.21 bits per heavy atom. The fourth-order valence-electron chi connectivity index (χ4n) is 2.28. The van der Waals surface area contributed by atoms with Crippen LogP contribution in [-0.2, 0) is 16.0 Å². The number of halogens is 2. The Hall–Kier alpha value is -1.89. The second-order valence-corrected chi connectivity index (χ2v) is 8.00. The van der Waals surface area contributed by atoms with E-state index in [1.165, 1.54) is 6.21 Å². The number of ether oxygens (including phenoxy) is 1. The Morgan fingerprint density at radius 3 is 2.46 bits per heavy atom. The Bertz CT molecular complexity index is 837. The average Bonchev–Trinajstić information content (AvgIpc) is 2.66. The molecule has 7 nitrogen and oxygen atoms in total. The first-order chi connectivity index (χ1) is 13.4. The molecule has 0 radical (unpaired) electrons. The number of carbonyl (C=O) groups is 2. The predicted molar refractivity (Wildman–Crippen MR) is 123 cm³/mol. The zero-order valence-electron chi connectivity index (χ0n) is 15.0. The first-order valence-electron chi connectivity index (χ1n) is 8.38. The van der Waals surface area contributed by atoms with Gasteiger partial charge in [0.15, 0.2) is 0 Å². The minimum absolute atomic E-state index is 0.210. The fraction of sp³-hybridized carbons (Fsp3) is 0.211. The third kappa shape index (κ3) is 6.93. The van der Waals surface area contributed by atoms with Crippen molar-refractivity contribution < 1.29 is 19.4 Å². The number of rotatable bonds is 7. The summed E-state index contributed by atoms with van der Waals surface area (Å²) in [6, 6.07) is 12.0. The van der Waals surface area contributed by atoms with Crippen LogP contribution in [0.15, 0.2) is 47.6 Å². The molecule has 2 aromatic carbocycles. The number of phenolic OH excluding ortho intramolecular Hbond substituents is 1. The molecule has 3 N–H and O–H groups in total. The molecule has 2 amide bonds. The van der Waals surface area contributed by atoms with Crippen LogP contribution < -0.4 is 10.7 Å². The molecule has 0 aromatic heterocycles. The molecule has 0 spiro atoms. The second kappa shape index (κ2) is 11.2. The summed E-state index contributed by atoms with van der Waals surface area (Å²) in [6.07, 6.45) is 1.12. The molecule has 0 saturated heterocycles. The van der Waals surface area contributed by atoms with Crippen molar-refractivity contribution in [3.05, 3.63) is 60.7 Å². The van der Waals surface area contributed by atoms with Crippen molar-refractivity contribution in [3.63, 3.8) is 0 Å². The van der Waals surface area contributed by atoms with Crippen LogP contribution in [0.3, 0.4) is 0 Å². The van der Waals surface area contributed by atoms with E-state index in [0.29, 0.717) is 13.6 Å². The van der Waals surface area contributed by atoms with Crippen molar-refractivity contribution in [2.75, 3.05) is 6.61 Å². The summed E-state index contributed by atoms with van der Waals surface area (Å²) < 4.78 is 6.24. The zero-order valence-corrected chi connectivity index (χ0v) is 19.3. The summed E-state index contributed by atoms with van der Waals surface area (Å²) in [7, 11) is 0. The maximum Gasteiger partial charge on any atom is 0.407 e. The highest BCUT2D eigenvalue weighted by molar-refractivity contribution is 14.1. The van der Waals surface area contributed by atoms with Gasteiger partial charge in [-0.2, -0.15) is 5.10 Å². The minimum atomic E-state index is -0.835. The Labute approximate surface area is 190 Å². The average molecular weight is 607 g/mol. The van der Waals surface area contributed by atoms with Crippen molar-refractivity contribution in [1.29, 1.82) is 0 Å². The van der Waals surface area contributed by atoms with Gasteiger partial charge in [-0.05, 0) is 75.4 Å². The second-order valence-electron chi connectivity index (χ2n) is 5.67. The van der Waals surface area contributed by atoms with Crippen molar-refractivity contribution in [2.24, 2.45) is 5.10 Å². The molecule has 2 rings (SSSR count). The Balaban J connectivity index is 2.07. The highest BCUT2D eigenvalue weighted by Gasteiger charge is 2.21. The Morgan fingerprint density at radius 2 is 1.86 bits per heavy atom. The number of alkyl carbamates (subject to hydrolysis) is 1. The third-order valence-corrected chi connectivity index (χ3v) is 5.24. The van der Waals surface area contributed by atoms with E-state index in [1.54, 1.807) is 19.1 Å². The van der Waals surface area contributed by atoms with Crippen LogP contribution in [0.2, 0.25) is 0 Å². The van der Waals surface area contributed by atoms with E-state index >= 15 is 0 Å². The minimum Gasteiger partial charge on any atom is -0.506 e. The van der Waals surface area contributed by atoms with Crippen molar-refractivity contribution in [1.82, 2.24) is 10.7 Å². The predicted octanol–water partition coefficient (Wildman–Crippen LogP) is 3.41. The Kier molecular flexibility index (Phi) is 8.96. The van der Waals surface area contributed by atoms with Crippen LogP contribution >= 0.6 is 45.2 Å². The number of hydrogen-bond acceptors (Lipinski definition) is 5. The van der Waals surface area contributed by atoms with Crippen LogP contribution in [0, 0.1) is 7.14 Å². The fourth-order valence-corrected chi connectivity index (χ4v) is 4.10. The number of aromatic hydroxyl groups is 1. The number of carbonyl (C=O) groups excluding carboxylic acids is 2. The standard InChI is InChI=1S/C19H19I2N3O4/c1-2-28-19(27)23-16(10-12-6-4-3-5-7-12)18(26)24-22-11-13-8-14(20)17(25)15(21)9-13/h3-9,11,16,25H,2,10H2,1H3,(H,23,27)(H,24,26)/b22-11-/t16-/m0/s1. The first-order valence-corrected chi connectivity index (χ1v) is 10.5. The van der Waals surface area contributed by atoms with Gasteiger partial charge in [0, 0.05) is 6.42 Å². The third-order valence-electron chi connectivity index (χ3n) is 3.59. The summed E-state index contributed by atoms with van der Waals surface area (Å²) in [4.78, 5) is 24.3. The number of benzene rings is 2. The molecule has 0 aliphatic rings. The number of nitrogens with zero attached hydrogens (tertiary/aromatic N) is 1. The van der Waals surface area contributed by atoms with Gasteiger partial charge in [0.1, 0.15) is 11.8 Å². The molecule has 28 heavy (non-hydrogen) atoms. The first kappa shape index (κ1) is 22.4. The summed E-state index contributed by atoms with van der Waals surface area (Å²) in [5, 5.41) is 16.3. The smallest absolute Gasteiger partial charge is 0.407 e. The number of nitrogens with one attached hydrogen (secondary N) is 2. The maximum atomic E-state index is 12.5. The topological polar surface area (TPSA) is 100 Å². The number of phenols is 1. The summed E-state index contributed by atoms with van der Waals surface area (Å²) >= 11 is 4.04. The van der Waals surface area contributed by atoms with E-state index in [2.05, 4.69) is 15.8 Å². The summed E-state index contributed by atoms with van der Waals surface area (Å²) in [6.45, 7) is 1.90. The van der Waals surface area contributed by atoms with Crippen molar-refractivity contribution in [3.8, 4) is 5.75 Å². The van der Waals surface area contributed by atoms with Gasteiger partial charge in [0.05, 0.1) is 20.0 Å². The highest BCUT2D eigenvalue weighted by atomic mass is 127. The SMILES string of the molecule is CCOC(=O)N[C@@H](Cc1ccccc1)C(=O)N/N=C\c1cc(I)c(O)c(I)c1. The summed E-state index contributed by atoms with van der Waals surface area (Å²) in [5.74, 6) is -0.250. The van der Waals surface area contributed by atoms with Gasteiger partial charge in [-0.1, -0.05) is 30.3 Å². The van der Waals surface area contributed by atoms with Gasteiger partial charge < -0.3 is 15.2 Å². The van der Waals surface area contributed by atoms with E-state index in [0.717, 1.165) is 11.1 Å². The molecule has 0 saturated carbocycles. The van der Waals surface area contributed by atoms with Crippen LogP contribution in [-0.4, -0.2) is 36.0 Å². The van der Waals surface area contributed by atoms with Crippen LogP contribution in [0.1, 0.15) is 18.1 Å². The maximum absolute atomic E-state index is 12.5. The molecule has 1 atom stereocenters. The molecule has 9 heteroatoms. The lowest BCUT2D eigenvalue weighted by molar-refractivity contribution is -0.123. The van der Waals surface area contributed by atoms with Gasteiger partial charge in [-0.3, -0.25) is 4.79 Å². The summed E-state index contributed by atoms with van der Waals surface area (Å²) in [5.41, 5.74) is 4.07. The van der Waals surface area contributed by atoms with Gasteiger partial charge in [-0.15, -0.1) is 0 Å². The number of hydrogen-bond donors (Lipinski definition) is 3. The normalized spacial score (nSPS) is 11.8. The highest BCUT2D eigenvalue weighted by Crippen LogP contribution is 2.26. The van der Waals surface area contributed by atoms with Crippen molar-refractivity contribution in [2.45, 2.75) is 19.4 Å². The molecule has 2 aromatic rings. The van der Waals surface area contributed by atoms with Crippen molar-refractivity contribution >= 4 is 63.4 Å². The molecular weight excluding hydrogens is 588 g/mol. The monoisotopic (exact) mass is 607 g/mol. The zero-order chi connectivity index (χ0) is 20.5. The van der Waals surface area contributed by atoms with Gasteiger partial charge in [0.25, 0.3) is 5.91 Å². The van der Waals surface area contributed by atoms with Crippen LogP contribution in [0.25, 0.3) is 0 Å². The molecule has 0 bridgehead atoms. The van der Waals surface area contributed by atoms with E-state index < -0.39 is 18.0 Å². The molecule has 148 valence electrons. The lowest BCUT2D eigenvalue weighted by Gasteiger charge is -2.16. The van der Waals surface area contributed by atoms with E-state index in [-0.39, 0.29) is 12.4 Å².